The fourth-order valence-electron chi connectivity index (χ4n) is 3.33. The quantitative estimate of drug-likeness (QED) is 0.783. The number of ether oxygens (including phenoxy) is 3. The summed E-state index contributed by atoms with van der Waals surface area (Å²) in [5, 5.41) is 6.23. The molecule has 1 aromatic carbocycles. The van der Waals surface area contributed by atoms with Crippen molar-refractivity contribution >= 4 is 23.4 Å². The van der Waals surface area contributed by atoms with Crippen molar-refractivity contribution in [1.29, 1.82) is 0 Å². The SMILES string of the molecule is Cc1noc(N)c1C(=O)OCC(=O)Nc1ccc2c(c1)OC1(CCCC1)O2. The third-order valence-corrected chi connectivity index (χ3v) is 4.61. The molecule has 0 unspecified atom stereocenters. The summed E-state index contributed by atoms with van der Waals surface area (Å²) >= 11 is 0. The summed E-state index contributed by atoms with van der Waals surface area (Å²) in [5.41, 5.74) is 6.36. The van der Waals surface area contributed by atoms with Crippen molar-refractivity contribution in [1.82, 2.24) is 5.16 Å². The number of nitrogens with zero attached hydrogens (tertiary/aromatic N) is 1. The van der Waals surface area contributed by atoms with Gasteiger partial charge in [0.05, 0.1) is 5.69 Å². The molecule has 4 rings (SSSR count). The standard InChI is InChI=1S/C18H19N3O6/c1-10-15(16(19)27-21-10)17(23)24-9-14(22)20-11-4-5-12-13(8-11)26-18(25-12)6-2-3-7-18/h4-5,8H,2-3,6-7,9,19H2,1H3,(H,20,22). The lowest BCUT2D eigenvalue weighted by molar-refractivity contribution is -0.119. The smallest absolute Gasteiger partial charge is 0.346 e. The minimum absolute atomic E-state index is 0.0211. The van der Waals surface area contributed by atoms with E-state index in [0.29, 0.717) is 22.9 Å². The number of nitrogen functional groups attached to an aromatic ring is 1. The van der Waals surface area contributed by atoms with E-state index < -0.39 is 24.3 Å². The minimum atomic E-state index is -0.768. The summed E-state index contributed by atoms with van der Waals surface area (Å²) in [6, 6.07) is 5.16. The molecule has 1 spiro atoms. The molecule has 9 heteroatoms. The number of aromatic nitrogens is 1. The van der Waals surface area contributed by atoms with Crippen molar-refractivity contribution < 1.29 is 28.3 Å². The molecule has 1 aromatic heterocycles. The number of hydrogen-bond donors (Lipinski definition) is 2. The maximum atomic E-state index is 12.1. The second-order valence-electron chi connectivity index (χ2n) is 6.61. The van der Waals surface area contributed by atoms with Gasteiger partial charge in [0.15, 0.2) is 18.1 Å². The Morgan fingerprint density at radius 1 is 1.26 bits per heavy atom. The molecule has 142 valence electrons. The summed E-state index contributed by atoms with van der Waals surface area (Å²) in [5.74, 6) is -0.703. The number of anilines is 2. The molecule has 1 fully saturated rings. The van der Waals surface area contributed by atoms with Crippen molar-refractivity contribution in [3.63, 3.8) is 0 Å². The Bertz CT molecular complexity index is 881. The zero-order chi connectivity index (χ0) is 19.0. The number of amides is 1. The fraction of sp³-hybridized carbons (Fsp3) is 0.389. The number of rotatable bonds is 4. The summed E-state index contributed by atoms with van der Waals surface area (Å²) in [4.78, 5) is 24.1. The van der Waals surface area contributed by atoms with Gasteiger partial charge in [0.2, 0.25) is 5.88 Å². The summed E-state index contributed by atoms with van der Waals surface area (Å²) in [6.45, 7) is 1.08. The first-order valence-electron chi connectivity index (χ1n) is 8.67. The number of aryl methyl sites for hydroxylation is 1. The molecule has 0 saturated heterocycles. The van der Waals surface area contributed by atoms with Gasteiger partial charge in [-0.05, 0) is 31.9 Å². The second kappa shape index (κ2) is 6.49. The van der Waals surface area contributed by atoms with Gasteiger partial charge in [-0.2, -0.15) is 0 Å². The average Bonchev–Trinajstić information content (AvgIpc) is 3.32. The molecule has 1 saturated carbocycles. The molecule has 27 heavy (non-hydrogen) atoms. The van der Waals surface area contributed by atoms with Crippen LogP contribution in [-0.2, 0) is 9.53 Å². The molecule has 2 heterocycles. The number of nitrogens with one attached hydrogen (secondary N) is 1. The topological polar surface area (TPSA) is 126 Å². The molecule has 1 amide bonds. The Morgan fingerprint density at radius 2 is 2.00 bits per heavy atom. The van der Waals surface area contributed by atoms with Crippen LogP contribution in [0.5, 0.6) is 11.5 Å². The van der Waals surface area contributed by atoms with Crippen molar-refractivity contribution in [2.45, 2.75) is 38.4 Å². The van der Waals surface area contributed by atoms with Crippen molar-refractivity contribution in [3.8, 4) is 11.5 Å². The van der Waals surface area contributed by atoms with Gasteiger partial charge in [-0.25, -0.2) is 4.79 Å². The average molecular weight is 373 g/mol. The molecule has 0 radical (unpaired) electrons. The largest absolute Gasteiger partial charge is 0.452 e. The predicted octanol–water partition coefficient (Wildman–Crippen LogP) is 2.40. The zero-order valence-electron chi connectivity index (χ0n) is 14.7. The van der Waals surface area contributed by atoms with E-state index in [1.165, 1.54) is 0 Å². The highest BCUT2D eigenvalue weighted by Crippen LogP contribution is 2.47. The van der Waals surface area contributed by atoms with E-state index in [1.807, 2.05) is 0 Å². The Balaban J connectivity index is 1.35. The van der Waals surface area contributed by atoms with Gasteiger partial charge in [-0.1, -0.05) is 5.16 Å². The van der Waals surface area contributed by atoms with Gasteiger partial charge in [-0.15, -0.1) is 0 Å². The normalized spacial score (nSPS) is 16.5. The lowest BCUT2D eigenvalue weighted by atomic mass is 10.2. The van der Waals surface area contributed by atoms with Crippen LogP contribution in [0.25, 0.3) is 0 Å². The Labute approximate surface area is 154 Å². The van der Waals surface area contributed by atoms with Crippen LogP contribution in [0.3, 0.4) is 0 Å². The third kappa shape index (κ3) is 3.27. The Kier molecular flexibility index (Phi) is 4.14. The molecular weight excluding hydrogens is 354 g/mol. The molecule has 1 aliphatic heterocycles. The van der Waals surface area contributed by atoms with Crippen molar-refractivity contribution in [2.24, 2.45) is 0 Å². The monoisotopic (exact) mass is 373 g/mol. The number of esters is 1. The molecule has 1 aliphatic carbocycles. The first-order valence-corrected chi connectivity index (χ1v) is 8.67. The number of fused-ring (bicyclic) bond motifs is 1. The number of hydrogen-bond acceptors (Lipinski definition) is 8. The number of carbonyl (C=O) groups is 2. The summed E-state index contributed by atoms with van der Waals surface area (Å²) in [7, 11) is 0. The van der Waals surface area contributed by atoms with E-state index >= 15 is 0 Å². The van der Waals surface area contributed by atoms with E-state index in [2.05, 4.69) is 10.5 Å². The van der Waals surface area contributed by atoms with Crippen LogP contribution in [-0.4, -0.2) is 29.4 Å². The number of nitrogens with two attached hydrogens (primary N) is 1. The molecule has 0 atom stereocenters. The maximum Gasteiger partial charge on any atom is 0.346 e. The Morgan fingerprint density at radius 3 is 2.70 bits per heavy atom. The molecule has 0 bridgehead atoms. The van der Waals surface area contributed by atoms with Crippen LogP contribution < -0.4 is 20.5 Å². The highest BCUT2D eigenvalue weighted by molar-refractivity contribution is 5.98. The van der Waals surface area contributed by atoms with Crippen LogP contribution in [0.4, 0.5) is 11.6 Å². The first kappa shape index (κ1) is 17.2. The van der Waals surface area contributed by atoms with E-state index in [4.69, 9.17) is 24.5 Å². The molecule has 2 aliphatic rings. The van der Waals surface area contributed by atoms with Crippen LogP contribution in [0.2, 0.25) is 0 Å². The van der Waals surface area contributed by atoms with Crippen LogP contribution >= 0.6 is 0 Å². The lowest BCUT2D eigenvalue weighted by Gasteiger charge is -2.21. The molecule has 3 N–H and O–H groups in total. The number of benzene rings is 1. The highest BCUT2D eigenvalue weighted by atomic mass is 16.7. The second-order valence-corrected chi connectivity index (χ2v) is 6.61. The van der Waals surface area contributed by atoms with Gasteiger partial charge in [0, 0.05) is 24.6 Å². The molecular formula is C18H19N3O6. The van der Waals surface area contributed by atoms with Crippen LogP contribution in [0.1, 0.15) is 41.7 Å². The van der Waals surface area contributed by atoms with Crippen molar-refractivity contribution in [3.05, 3.63) is 29.5 Å². The first-order chi connectivity index (χ1) is 13.0. The minimum Gasteiger partial charge on any atom is -0.452 e. The van der Waals surface area contributed by atoms with Gasteiger partial charge >= 0.3 is 5.97 Å². The van der Waals surface area contributed by atoms with Crippen molar-refractivity contribution in [2.75, 3.05) is 17.7 Å². The number of carbonyl (C=O) groups excluding carboxylic acids is 2. The maximum absolute atomic E-state index is 12.1. The zero-order valence-corrected chi connectivity index (χ0v) is 14.7. The molecule has 9 nitrogen and oxygen atoms in total. The summed E-state index contributed by atoms with van der Waals surface area (Å²) in [6.07, 6.45) is 3.84. The predicted molar refractivity (Wildman–Crippen MR) is 93.5 cm³/mol. The fourth-order valence-corrected chi connectivity index (χ4v) is 3.33. The van der Waals surface area contributed by atoms with Crippen LogP contribution in [0.15, 0.2) is 22.7 Å². The third-order valence-electron chi connectivity index (χ3n) is 4.61. The van der Waals surface area contributed by atoms with E-state index in [1.54, 1.807) is 25.1 Å². The lowest BCUT2D eigenvalue weighted by Crippen LogP contribution is -2.34. The Hall–Kier alpha value is -3.23. The van der Waals surface area contributed by atoms with E-state index in [0.717, 1.165) is 25.7 Å². The highest BCUT2D eigenvalue weighted by Gasteiger charge is 2.44. The van der Waals surface area contributed by atoms with Gasteiger partial charge in [-0.3, -0.25) is 4.79 Å². The van der Waals surface area contributed by atoms with E-state index in [-0.39, 0.29) is 11.4 Å². The van der Waals surface area contributed by atoms with E-state index in [9.17, 15) is 9.59 Å². The molecule has 2 aromatic rings. The summed E-state index contributed by atoms with van der Waals surface area (Å²) < 4.78 is 21.6. The van der Waals surface area contributed by atoms with Crippen LogP contribution in [0, 0.1) is 6.92 Å². The van der Waals surface area contributed by atoms with Gasteiger partial charge in [0.25, 0.3) is 11.7 Å². The van der Waals surface area contributed by atoms with Gasteiger partial charge < -0.3 is 29.8 Å². The van der Waals surface area contributed by atoms with Gasteiger partial charge in [0.1, 0.15) is 5.56 Å².